The average Bonchev–Trinajstić information content (AvgIpc) is 2.81. The zero-order chi connectivity index (χ0) is 15.0. The van der Waals surface area contributed by atoms with Crippen LogP contribution in [0.3, 0.4) is 0 Å². The van der Waals surface area contributed by atoms with Crippen molar-refractivity contribution in [2.24, 2.45) is 5.41 Å². The predicted molar refractivity (Wildman–Crippen MR) is 95.9 cm³/mol. The number of hydrogen-bond donors (Lipinski definition) is 2. The van der Waals surface area contributed by atoms with Gasteiger partial charge in [0.15, 0.2) is 0 Å². The first-order valence-corrected chi connectivity index (χ1v) is 8.26. The van der Waals surface area contributed by atoms with Crippen LogP contribution in [0.1, 0.15) is 31.2 Å². The lowest BCUT2D eigenvalue weighted by molar-refractivity contribution is -0.123. The van der Waals surface area contributed by atoms with Crippen LogP contribution in [0, 0.1) is 5.41 Å². The molecular formula is C17H23ClN2OS. The summed E-state index contributed by atoms with van der Waals surface area (Å²) in [6.07, 6.45) is 0.787. The van der Waals surface area contributed by atoms with Gasteiger partial charge in [-0.2, -0.15) is 0 Å². The summed E-state index contributed by atoms with van der Waals surface area (Å²) < 4.78 is 1.32. The van der Waals surface area contributed by atoms with Crippen molar-refractivity contribution in [2.45, 2.75) is 39.8 Å². The molecule has 0 fully saturated rings. The van der Waals surface area contributed by atoms with E-state index in [2.05, 4.69) is 55.7 Å². The summed E-state index contributed by atoms with van der Waals surface area (Å²) in [4.78, 5) is 13.7. The second-order valence-corrected chi connectivity index (χ2v) is 8.05. The van der Waals surface area contributed by atoms with Crippen molar-refractivity contribution in [3.8, 4) is 0 Å². The standard InChI is InChI=1S/C17H22N2OS.ClH/c1-17(2,3)10-19-16(20)13-8-12-11-6-4-5-7-14(11)21-15(12)9-18-13;/h4-7,13,18H,8-10H2,1-3H3,(H,19,20);1H/t13-;/m1./s1. The minimum Gasteiger partial charge on any atom is -0.354 e. The van der Waals surface area contributed by atoms with E-state index < -0.39 is 0 Å². The van der Waals surface area contributed by atoms with Gasteiger partial charge in [0, 0.05) is 22.7 Å². The zero-order valence-electron chi connectivity index (χ0n) is 13.2. The number of benzene rings is 1. The molecule has 1 amide bonds. The number of rotatable bonds is 2. The quantitative estimate of drug-likeness (QED) is 0.880. The molecule has 22 heavy (non-hydrogen) atoms. The molecule has 5 heteroatoms. The van der Waals surface area contributed by atoms with Gasteiger partial charge in [0.2, 0.25) is 5.91 Å². The Balaban J connectivity index is 0.00000176. The third-order valence-corrected chi connectivity index (χ3v) is 5.02. The van der Waals surface area contributed by atoms with Crippen molar-refractivity contribution in [1.82, 2.24) is 10.6 Å². The normalized spacial score (nSPS) is 17.7. The molecule has 1 atom stereocenters. The fourth-order valence-corrected chi connectivity index (χ4v) is 3.85. The molecule has 2 aromatic rings. The second-order valence-electron chi connectivity index (χ2n) is 6.92. The largest absolute Gasteiger partial charge is 0.354 e. The number of thiophene rings is 1. The summed E-state index contributed by atoms with van der Waals surface area (Å²) in [5.41, 5.74) is 1.47. The fourth-order valence-electron chi connectivity index (χ4n) is 2.67. The number of carbonyl (C=O) groups is 1. The monoisotopic (exact) mass is 338 g/mol. The lowest BCUT2D eigenvalue weighted by Crippen LogP contribution is -2.48. The van der Waals surface area contributed by atoms with Crippen LogP contribution >= 0.6 is 23.7 Å². The molecule has 1 aromatic heterocycles. The van der Waals surface area contributed by atoms with Gasteiger partial charge in [0.25, 0.3) is 0 Å². The first kappa shape index (κ1) is 17.3. The van der Waals surface area contributed by atoms with Gasteiger partial charge in [0.05, 0.1) is 6.04 Å². The van der Waals surface area contributed by atoms with Gasteiger partial charge in [-0.25, -0.2) is 0 Å². The van der Waals surface area contributed by atoms with Crippen molar-refractivity contribution in [3.05, 3.63) is 34.7 Å². The SMILES string of the molecule is CC(C)(C)CNC(=O)[C@H]1Cc2c(sc3ccccc23)CN1.Cl. The fraction of sp³-hybridized carbons (Fsp3) is 0.471. The van der Waals surface area contributed by atoms with Gasteiger partial charge >= 0.3 is 0 Å². The molecule has 0 spiro atoms. The van der Waals surface area contributed by atoms with Crippen LogP contribution in [-0.2, 0) is 17.8 Å². The highest BCUT2D eigenvalue weighted by molar-refractivity contribution is 7.19. The van der Waals surface area contributed by atoms with Crippen molar-refractivity contribution in [1.29, 1.82) is 0 Å². The lowest BCUT2D eigenvalue weighted by Gasteiger charge is -2.25. The van der Waals surface area contributed by atoms with Crippen LogP contribution < -0.4 is 10.6 Å². The highest BCUT2D eigenvalue weighted by Gasteiger charge is 2.27. The summed E-state index contributed by atoms with van der Waals surface area (Å²) in [7, 11) is 0. The molecule has 1 aliphatic heterocycles. The molecule has 2 N–H and O–H groups in total. The minimum absolute atomic E-state index is 0. The van der Waals surface area contributed by atoms with E-state index in [9.17, 15) is 4.79 Å². The van der Waals surface area contributed by atoms with Crippen LogP contribution in [0.4, 0.5) is 0 Å². The zero-order valence-corrected chi connectivity index (χ0v) is 14.9. The van der Waals surface area contributed by atoms with E-state index in [4.69, 9.17) is 0 Å². The van der Waals surface area contributed by atoms with Crippen molar-refractivity contribution in [3.63, 3.8) is 0 Å². The summed E-state index contributed by atoms with van der Waals surface area (Å²) in [5.74, 6) is 0.117. The molecule has 1 aliphatic rings. The van der Waals surface area contributed by atoms with Gasteiger partial charge in [-0.3, -0.25) is 4.79 Å². The smallest absolute Gasteiger partial charge is 0.237 e. The summed E-state index contributed by atoms with van der Waals surface area (Å²) in [6.45, 7) is 7.90. The molecule has 3 nitrogen and oxygen atoms in total. The number of carbonyl (C=O) groups excluding carboxylic acids is 1. The molecule has 2 heterocycles. The number of amides is 1. The summed E-state index contributed by atoms with van der Waals surface area (Å²) in [6, 6.07) is 8.36. The van der Waals surface area contributed by atoms with E-state index in [0.717, 1.165) is 13.0 Å². The molecule has 0 radical (unpaired) electrons. The van der Waals surface area contributed by atoms with Crippen molar-refractivity contribution in [2.75, 3.05) is 6.54 Å². The van der Waals surface area contributed by atoms with Crippen LogP contribution in [0.5, 0.6) is 0 Å². The maximum absolute atomic E-state index is 12.3. The molecular weight excluding hydrogens is 316 g/mol. The number of hydrogen-bond acceptors (Lipinski definition) is 3. The number of nitrogens with one attached hydrogen (secondary N) is 2. The third kappa shape index (κ3) is 3.62. The Kier molecular flexibility index (Phi) is 5.15. The van der Waals surface area contributed by atoms with Gasteiger partial charge in [-0.1, -0.05) is 39.0 Å². The molecule has 3 rings (SSSR count). The molecule has 1 aromatic carbocycles. The van der Waals surface area contributed by atoms with Gasteiger partial charge in [0.1, 0.15) is 0 Å². The molecule has 0 aliphatic carbocycles. The molecule has 0 bridgehead atoms. The number of fused-ring (bicyclic) bond motifs is 3. The molecule has 0 unspecified atom stereocenters. The maximum Gasteiger partial charge on any atom is 0.237 e. The van der Waals surface area contributed by atoms with E-state index in [1.54, 1.807) is 0 Å². The first-order valence-electron chi connectivity index (χ1n) is 7.44. The molecule has 0 saturated carbocycles. The highest BCUT2D eigenvalue weighted by Crippen LogP contribution is 2.34. The van der Waals surface area contributed by atoms with Gasteiger partial charge < -0.3 is 10.6 Å². The van der Waals surface area contributed by atoms with Crippen LogP contribution in [0.25, 0.3) is 10.1 Å². The van der Waals surface area contributed by atoms with Crippen LogP contribution in [0.2, 0.25) is 0 Å². The Morgan fingerprint density at radius 3 is 2.82 bits per heavy atom. The highest BCUT2D eigenvalue weighted by atomic mass is 35.5. The first-order chi connectivity index (χ1) is 9.94. The Bertz CT molecular complexity index is 675. The van der Waals surface area contributed by atoms with Gasteiger partial charge in [-0.15, -0.1) is 23.7 Å². The lowest BCUT2D eigenvalue weighted by atomic mass is 9.95. The second kappa shape index (κ2) is 6.57. The maximum atomic E-state index is 12.3. The van der Waals surface area contributed by atoms with E-state index in [1.807, 2.05) is 11.3 Å². The number of halogens is 1. The Morgan fingerprint density at radius 2 is 2.09 bits per heavy atom. The topological polar surface area (TPSA) is 41.1 Å². The van der Waals surface area contributed by atoms with Crippen molar-refractivity contribution < 1.29 is 4.79 Å². The third-order valence-electron chi connectivity index (χ3n) is 3.81. The van der Waals surface area contributed by atoms with Crippen LogP contribution in [-0.4, -0.2) is 18.5 Å². The van der Waals surface area contributed by atoms with E-state index in [-0.39, 0.29) is 29.8 Å². The molecule has 0 saturated heterocycles. The molecule has 120 valence electrons. The van der Waals surface area contributed by atoms with E-state index in [1.165, 1.54) is 20.5 Å². The van der Waals surface area contributed by atoms with Gasteiger partial charge in [-0.05, 0) is 28.9 Å². The Hall–Kier alpha value is -1.10. The Morgan fingerprint density at radius 1 is 1.36 bits per heavy atom. The minimum atomic E-state index is -0.113. The Labute approximate surface area is 141 Å². The average molecular weight is 339 g/mol. The van der Waals surface area contributed by atoms with E-state index >= 15 is 0 Å². The summed E-state index contributed by atoms with van der Waals surface area (Å²) >= 11 is 1.84. The summed E-state index contributed by atoms with van der Waals surface area (Å²) in [5, 5.41) is 7.75. The van der Waals surface area contributed by atoms with E-state index in [0.29, 0.717) is 6.54 Å². The predicted octanol–water partition coefficient (Wildman–Crippen LogP) is 3.50. The van der Waals surface area contributed by atoms with Crippen molar-refractivity contribution >= 4 is 39.7 Å². The van der Waals surface area contributed by atoms with Crippen LogP contribution in [0.15, 0.2) is 24.3 Å².